The third-order valence-corrected chi connectivity index (χ3v) is 5.33. The maximum Gasteiger partial charge on any atom is 0.413 e. The predicted molar refractivity (Wildman–Crippen MR) is 128 cm³/mol. The maximum atomic E-state index is 12.4. The average molecular weight is 483 g/mol. The van der Waals surface area contributed by atoms with Gasteiger partial charge < -0.3 is 4.74 Å². The molecule has 0 fully saturated rings. The van der Waals surface area contributed by atoms with Gasteiger partial charge in [0.15, 0.2) is 11.5 Å². The monoisotopic (exact) mass is 482 g/mol. The Balaban J connectivity index is 1.55. The first-order chi connectivity index (χ1) is 17.1. The number of ether oxygens (including phenoxy) is 1. The standard InChI is InChI=1S/C24H15ClN8O2/c25-18-7-16(6-17-11-29-33-20(17)18)22-21(15-4-2-1-3-5-15)31-23(19(8-26)30-22)32-24(34)35-12-14-9-27-13-28-10-14/h1-7,9-11,13H,12H2,(H,29,33)(H,31,32,34). The van der Waals surface area contributed by atoms with Crippen LogP contribution >= 0.6 is 11.6 Å². The number of aromatic amines is 1. The summed E-state index contributed by atoms with van der Waals surface area (Å²) in [5, 5.41) is 20.4. The van der Waals surface area contributed by atoms with Crippen molar-refractivity contribution < 1.29 is 9.53 Å². The molecule has 0 spiro atoms. The van der Waals surface area contributed by atoms with Crippen LogP contribution in [-0.2, 0) is 11.3 Å². The minimum absolute atomic E-state index is 0.0279. The second kappa shape index (κ2) is 9.54. The molecule has 1 amide bonds. The van der Waals surface area contributed by atoms with Gasteiger partial charge in [-0.25, -0.2) is 24.7 Å². The highest BCUT2D eigenvalue weighted by molar-refractivity contribution is 6.35. The molecule has 0 saturated carbocycles. The summed E-state index contributed by atoms with van der Waals surface area (Å²) >= 11 is 6.44. The van der Waals surface area contributed by atoms with Crippen molar-refractivity contribution in [1.29, 1.82) is 5.26 Å². The summed E-state index contributed by atoms with van der Waals surface area (Å²) in [4.78, 5) is 29.3. The van der Waals surface area contributed by atoms with Crippen LogP contribution in [0.15, 0.2) is 67.4 Å². The molecule has 0 aliphatic heterocycles. The van der Waals surface area contributed by atoms with Gasteiger partial charge in [-0.15, -0.1) is 0 Å². The van der Waals surface area contributed by atoms with Gasteiger partial charge in [-0.05, 0) is 12.1 Å². The van der Waals surface area contributed by atoms with E-state index in [0.29, 0.717) is 33.1 Å². The lowest BCUT2D eigenvalue weighted by Crippen LogP contribution is -2.17. The summed E-state index contributed by atoms with van der Waals surface area (Å²) in [6, 6.07) is 14.9. The van der Waals surface area contributed by atoms with Gasteiger partial charge in [0.05, 0.1) is 28.1 Å². The first-order valence-electron chi connectivity index (χ1n) is 10.3. The van der Waals surface area contributed by atoms with Crippen LogP contribution in [0, 0.1) is 11.3 Å². The molecule has 5 aromatic rings. The molecule has 0 unspecified atom stereocenters. The van der Waals surface area contributed by atoms with Gasteiger partial charge >= 0.3 is 6.09 Å². The van der Waals surface area contributed by atoms with Crippen LogP contribution in [0.25, 0.3) is 33.4 Å². The summed E-state index contributed by atoms with van der Waals surface area (Å²) in [5.41, 5.74) is 3.48. The van der Waals surface area contributed by atoms with E-state index in [0.717, 1.165) is 10.9 Å². The number of carbonyl (C=O) groups is 1. The number of nitriles is 1. The maximum absolute atomic E-state index is 12.4. The molecular weight excluding hydrogens is 468 g/mol. The van der Waals surface area contributed by atoms with E-state index in [-0.39, 0.29) is 18.1 Å². The minimum atomic E-state index is -0.797. The quantitative estimate of drug-likeness (QED) is 0.365. The number of hydrogen-bond acceptors (Lipinski definition) is 8. The highest BCUT2D eigenvalue weighted by atomic mass is 35.5. The Morgan fingerprint density at radius 2 is 1.83 bits per heavy atom. The Kier molecular flexibility index (Phi) is 5.98. The summed E-state index contributed by atoms with van der Waals surface area (Å²) in [5.74, 6) is -0.0279. The molecule has 170 valence electrons. The molecule has 3 heterocycles. The molecule has 10 nitrogen and oxygen atoms in total. The summed E-state index contributed by atoms with van der Waals surface area (Å²) < 4.78 is 5.21. The van der Waals surface area contributed by atoms with E-state index in [1.807, 2.05) is 42.5 Å². The number of aromatic nitrogens is 6. The Morgan fingerprint density at radius 1 is 1.06 bits per heavy atom. The van der Waals surface area contributed by atoms with Crippen molar-refractivity contribution in [1.82, 2.24) is 30.1 Å². The van der Waals surface area contributed by atoms with Crippen LogP contribution in [-0.4, -0.2) is 36.2 Å². The molecule has 0 aliphatic carbocycles. The molecule has 2 N–H and O–H groups in total. The van der Waals surface area contributed by atoms with Crippen molar-refractivity contribution in [2.24, 2.45) is 0 Å². The third kappa shape index (κ3) is 4.62. The molecule has 0 bridgehead atoms. The van der Waals surface area contributed by atoms with Gasteiger partial charge in [-0.3, -0.25) is 10.4 Å². The zero-order valence-corrected chi connectivity index (χ0v) is 18.7. The summed E-state index contributed by atoms with van der Waals surface area (Å²) in [7, 11) is 0. The lowest BCUT2D eigenvalue weighted by molar-refractivity contribution is 0.154. The molecule has 5 rings (SSSR count). The molecule has 2 aromatic carbocycles. The topological polar surface area (TPSA) is 142 Å². The number of halogens is 1. The van der Waals surface area contributed by atoms with Crippen molar-refractivity contribution in [3.05, 3.63) is 83.7 Å². The minimum Gasteiger partial charge on any atom is -0.444 e. The van der Waals surface area contributed by atoms with E-state index < -0.39 is 6.09 Å². The zero-order valence-electron chi connectivity index (χ0n) is 17.9. The number of hydrogen-bond donors (Lipinski definition) is 2. The van der Waals surface area contributed by atoms with E-state index >= 15 is 0 Å². The number of nitrogens with one attached hydrogen (secondary N) is 2. The van der Waals surface area contributed by atoms with Crippen molar-refractivity contribution in [2.45, 2.75) is 6.61 Å². The average Bonchev–Trinajstić information content (AvgIpc) is 3.38. The fourth-order valence-corrected chi connectivity index (χ4v) is 3.70. The number of carbonyl (C=O) groups excluding carboxylic acids is 1. The molecule has 0 radical (unpaired) electrons. The molecule has 0 saturated heterocycles. The lowest BCUT2D eigenvalue weighted by Gasteiger charge is -2.13. The SMILES string of the molecule is N#Cc1nc(-c2cc(Cl)c3[nH]ncc3c2)c(-c2ccccc2)nc1NC(=O)OCc1cncnc1. The number of rotatable bonds is 5. The Morgan fingerprint density at radius 3 is 2.60 bits per heavy atom. The van der Waals surface area contributed by atoms with Gasteiger partial charge in [0.1, 0.15) is 19.0 Å². The largest absolute Gasteiger partial charge is 0.444 e. The first-order valence-corrected chi connectivity index (χ1v) is 10.7. The van der Waals surface area contributed by atoms with Gasteiger partial charge in [-0.1, -0.05) is 41.9 Å². The molecule has 11 heteroatoms. The highest BCUT2D eigenvalue weighted by Gasteiger charge is 2.20. The summed E-state index contributed by atoms with van der Waals surface area (Å²) in [6.07, 6.45) is 5.29. The number of amides is 1. The second-order valence-electron chi connectivity index (χ2n) is 7.34. The molecular formula is C24H15ClN8O2. The molecule has 35 heavy (non-hydrogen) atoms. The summed E-state index contributed by atoms with van der Waals surface area (Å²) in [6.45, 7) is -0.0468. The second-order valence-corrected chi connectivity index (χ2v) is 7.74. The van der Waals surface area contributed by atoms with E-state index in [4.69, 9.17) is 16.3 Å². The van der Waals surface area contributed by atoms with Crippen molar-refractivity contribution in [2.75, 3.05) is 5.32 Å². The van der Waals surface area contributed by atoms with Gasteiger partial charge in [0.2, 0.25) is 0 Å². The smallest absolute Gasteiger partial charge is 0.413 e. The zero-order chi connectivity index (χ0) is 24.2. The number of H-pyrrole nitrogens is 1. The Bertz CT molecular complexity index is 1570. The van der Waals surface area contributed by atoms with Crippen LogP contribution in [0.5, 0.6) is 0 Å². The Hall–Kier alpha value is -4.88. The van der Waals surface area contributed by atoms with Crippen LogP contribution in [0.1, 0.15) is 11.3 Å². The number of benzene rings is 2. The van der Waals surface area contributed by atoms with E-state index in [1.54, 1.807) is 12.3 Å². The van der Waals surface area contributed by atoms with Crippen LogP contribution in [0.4, 0.5) is 10.6 Å². The third-order valence-electron chi connectivity index (χ3n) is 5.03. The molecule has 3 aromatic heterocycles. The van der Waals surface area contributed by atoms with E-state index in [1.165, 1.54) is 18.7 Å². The van der Waals surface area contributed by atoms with Crippen molar-refractivity contribution in [3.63, 3.8) is 0 Å². The van der Waals surface area contributed by atoms with Gasteiger partial charge in [0.25, 0.3) is 0 Å². The number of nitrogens with zero attached hydrogens (tertiary/aromatic N) is 6. The van der Waals surface area contributed by atoms with Crippen LogP contribution in [0.3, 0.4) is 0 Å². The van der Waals surface area contributed by atoms with Crippen LogP contribution < -0.4 is 5.32 Å². The lowest BCUT2D eigenvalue weighted by atomic mass is 10.0. The van der Waals surface area contributed by atoms with Gasteiger partial charge in [-0.2, -0.15) is 10.4 Å². The molecule has 0 aliphatic rings. The van der Waals surface area contributed by atoms with Crippen molar-refractivity contribution in [3.8, 4) is 28.6 Å². The number of anilines is 1. The van der Waals surface area contributed by atoms with Crippen LogP contribution in [0.2, 0.25) is 5.02 Å². The predicted octanol–water partition coefficient (Wildman–Crippen LogP) is 4.75. The van der Waals surface area contributed by atoms with E-state index in [9.17, 15) is 10.1 Å². The van der Waals surface area contributed by atoms with Crippen molar-refractivity contribution >= 4 is 34.4 Å². The van der Waals surface area contributed by atoms with Gasteiger partial charge in [0, 0.05) is 34.5 Å². The van der Waals surface area contributed by atoms with E-state index in [2.05, 4.69) is 35.5 Å². The molecule has 0 atom stereocenters. The fraction of sp³-hybridized carbons (Fsp3) is 0.0417. The number of fused-ring (bicyclic) bond motifs is 1. The fourth-order valence-electron chi connectivity index (χ4n) is 3.44. The first kappa shape index (κ1) is 21.9. The normalized spacial score (nSPS) is 10.6. The Labute approximate surface area is 203 Å². The highest BCUT2D eigenvalue weighted by Crippen LogP contribution is 2.35.